The third-order valence-corrected chi connectivity index (χ3v) is 2.74. The average Bonchev–Trinajstić information content (AvgIpc) is 2.39. The molecule has 1 aliphatic heterocycles. The second-order valence-corrected chi connectivity index (χ2v) is 3.87. The molecule has 0 radical (unpaired) electrons. The van der Waals surface area contributed by atoms with E-state index in [1.54, 1.807) is 18.3 Å². The van der Waals surface area contributed by atoms with Crippen LogP contribution in [0.5, 0.6) is 0 Å². The summed E-state index contributed by atoms with van der Waals surface area (Å²) in [6, 6.07) is 3.09. The average molecular weight is 235 g/mol. The summed E-state index contributed by atoms with van der Waals surface area (Å²) in [6.07, 6.45) is 3.28. The van der Waals surface area contributed by atoms with E-state index in [9.17, 15) is 4.79 Å². The van der Waals surface area contributed by atoms with E-state index in [1.165, 1.54) is 10.9 Å². The van der Waals surface area contributed by atoms with Gasteiger partial charge in [0.1, 0.15) is 6.17 Å². The fourth-order valence-electron chi connectivity index (χ4n) is 1.82. The minimum Gasteiger partial charge on any atom is -0.314 e. The van der Waals surface area contributed by atoms with E-state index < -0.39 is 0 Å². The smallest absolute Gasteiger partial charge is 0.285 e. The van der Waals surface area contributed by atoms with Crippen LogP contribution >= 0.6 is 0 Å². The van der Waals surface area contributed by atoms with Crippen LogP contribution in [-0.2, 0) is 0 Å². The monoisotopic (exact) mass is 235 g/mol. The van der Waals surface area contributed by atoms with Gasteiger partial charge in [0, 0.05) is 38.4 Å². The lowest BCUT2D eigenvalue weighted by molar-refractivity contribution is 0.205. The molecule has 0 amide bonds. The van der Waals surface area contributed by atoms with Gasteiger partial charge in [-0.2, -0.15) is 5.10 Å². The molecule has 1 fully saturated rings. The van der Waals surface area contributed by atoms with Crippen LogP contribution in [0.4, 0.5) is 0 Å². The summed E-state index contributed by atoms with van der Waals surface area (Å²) in [5.74, 6) is 0. The summed E-state index contributed by atoms with van der Waals surface area (Å²) in [6.45, 7) is 7.53. The van der Waals surface area contributed by atoms with Crippen LogP contribution in [0.15, 0.2) is 35.8 Å². The highest BCUT2D eigenvalue weighted by molar-refractivity contribution is 4.97. The lowest BCUT2D eigenvalue weighted by Gasteiger charge is -2.33. The van der Waals surface area contributed by atoms with Crippen molar-refractivity contribution >= 4 is 0 Å². The Hall–Kier alpha value is -1.66. The molecule has 1 aromatic heterocycles. The number of aromatic nitrogens is 2. The van der Waals surface area contributed by atoms with Crippen LogP contribution in [0.2, 0.25) is 0 Å². The molecule has 1 unspecified atom stereocenters. The molecule has 6 nitrogen and oxygen atoms in total. The van der Waals surface area contributed by atoms with Gasteiger partial charge < -0.3 is 5.32 Å². The summed E-state index contributed by atoms with van der Waals surface area (Å²) in [5, 5.41) is 7.24. The quantitative estimate of drug-likeness (QED) is 0.669. The zero-order valence-corrected chi connectivity index (χ0v) is 9.67. The Bertz CT molecular complexity index is 424. The molecule has 0 aliphatic carbocycles. The Morgan fingerprint density at radius 3 is 2.94 bits per heavy atom. The maximum atomic E-state index is 11.5. The summed E-state index contributed by atoms with van der Waals surface area (Å²) in [4.78, 5) is 15.0. The van der Waals surface area contributed by atoms with Crippen molar-refractivity contribution in [3.63, 3.8) is 0 Å². The Balaban J connectivity index is 2.06. The minimum atomic E-state index is -0.172. The van der Waals surface area contributed by atoms with E-state index in [2.05, 4.69) is 27.3 Å². The Morgan fingerprint density at radius 2 is 2.29 bits per heavy atom. The molecular weight excluding hydrogens is 218 g/mol. The SMILES string of the molecule is C=CC(Nn1ncccc1=O)N1CCNCC1. The lowest BCUT2D eigenvalue weighted by atomic mass is 10.3. The van der Waals surface area contributed by atoms with Crippen molar-refractivity contribution < 1.29 is 0 Å². The predicted octanol–water partition coefficient (Wildman–Crippen LogP) is -0.796. The van der Waals surface area contributed by atoms with Gasteiger partial charge in [0.05, 0.1) is 0 Å². The summed E-state index contributed by atoms with van der Waals surface area (Å²) in [5.41, 5.74) is 2.87. The van der Waals surface area contributed by atoms with Crippen LogP contribution in [-0.4, -0.2) is 47.1 Å². The first kappa shape index (κ1) is 11.8. The van der Waals surface area contributed by atoms with Crippen molar-refractivity contribution in [2.24, 2.45) is 0 Å². The van der Waals surface area contributed by atoms with Gasteiger partial charge >= 0.3 is 0 Å². The molecule has 0 saturated carbocycles. The number of hydrogen-bond donors (Lipinski definition) is 2. The third kappa shape index (κ3) is 2.92. The van der Waals surface area contributed by atoms with Crippen molar-refractivity contribution in [1.29, 1.82) is 0 Å². The van der Waals surface area contributed by atoms with E-state index in [4.69, 9.17) is 0 Å². The highest BCUT2D eigenvalue weighted by Gasteiger charge is 2.17. The van der Waals surface area contributed by atoms with E-state index in [-0.39, 0.29) is 11.7 Å². The fraction of sp³-hybridized carbons (Fsp3) is 0.455. The van der Waals surface area contributed by atoms with E-state index in [0.29, 0.717) is 0 Å². The Morgan fingerprint density at radius 1 is 1.53 bits per heavy atom. The molecule has 1 aliphatic rings. The molecule has 2 rings (SSSR count). The van der Waals surface area contributed by atoms with Gasteiger partial charge in [-0.25, -0.2) is 0 Å². The molecule has 2 heterocycles. The Kier molecular flexibility index (Phi) is 3.89. The van der Waals surface area contributed by atoms with Crippen molar-refractivity contribution in [2.45, 2.75) is 6.17 Å². The molecule has 17 heavy (non-hydrogen) atoms. The van der Waals surface area contributed by atoms with Crippen LogP contribution in [0, 0.1) is 0 Å². The van der Waals surface area contributed by atoms with Crippen LogP contribution in [0.1, 0.15) is 0 Å². The highest BCUT2D eigenvalue weighted by Crippen LogP contribution is 2.00. The number of rotatable bonds is 4. The van der Waals surface area contributed by atoms with E-state index in [0.717, 1.165) is 26.2 Å². The first-order chi connectivity index (χ1) is 8.31. The van der Waals surface area contributed by atoms with Gasteiger partial charge in [0.2, 0.25) is 0 Å². The van der Waals surface area contributed by atoms with Crippen LogP contribution < -0.4 is 16.3 Å². The molecule has 0 bridgehead atoms. The maximum absolute atomic E-state index is 11.5. The molecule has 6 heteroatoms. The van der Waals surface area contributed by atoms with Gasteiger partial charge in [-0.05, 0) is 6.07 Å². The molecular formula is C11H17N5O. The predicted molar refractivity (Wildman–Crippen MR) is 66.3 cm³/mol. The van der Waals surface area contributed by atoms with E-state index >= 15 is 0 Å². The van der Waals surface area contributed by atoms with Crippen LogP contribution in [0.25, 0.3) is 0 Å². The highest BCUT2D eigenvalue weighted by atomic mass is 16.1. The fourth-order valence-corrected chi connectivity index (χ4v) is 1.82. The molecule has 1 saturated heterocycles. The van der Waals surface area contributed by atoms with Crippen LogP contribution in [0.3, 0.4) is 0 Å². The molecule has 1 atom stereocenters. The molecule has 0 aromatic carbocycles. The number of nitrogens with one attached hydrogen (secondary N) is 2. The molecule has 1 aromatic rings. The summed E-state index contributed by atoms with van der Waals surface area (Å²) >= 11 is 0. The van der Waals surface area contributed by atoms with Gasteiger partial charge in [-0.1, -0.05) is 12.7 Å². The topological polar surface area (TPSA) is 62.2 Å². The van der Waals surface area contributed by atoms with Crippen molar-refractivity contribution in [3.8, 4) is 0 Å². The second kappa shape index (κ2) is 5.60. The lowest BCUT2D eigenvalue weighted by Crippen LogP contribution is -2.53. The summed E-state index contributed by atoms with van der Waals surface area (Å²) < 4.78 is 0. The molecule has 92 valence electrons. The standard InChI is InChI=1S/C11H17N5O/c1-2-10(15-8-6-12-7-9-15)14-16-11(17)4-3-5-13-16/h2-5,10,12,14H,1,6-9H2. The largest absolute Gasteiger partial charge is 0.314 e. The number of piperazine rings is 1. The van der Waals surface area contributed by atoms with Gasteiger partial charge in [-0.3, -0.25) is 15.1 Å². The summed E-state index contributed by atoms with van der Waals surface area (Å²) in [7, 11) is 0. The Labute approximate surface area is 99.9 Å². The number of nitrogens with zero attached hydrogens (tertiary/aromatic N) is 3. The molecule has 2 N–H and O–H groups in total. The zero-order chi connectivity index (χ0) is 12.1. The normalized spacial score (nSPS) is 18.6. The van der Waals surface area contributed by atoms with Crippen molar-refractivity contribution in [3.05, 3.63) is 41.3 Å². The van der Waals surface area contributed by atoms with Gasteiger partial charge in [-0.15, -0.1) is 4.79 Å². The first-order valence-corrected chi connectivity index (χ1v) is 5.69. The van der Waals surface area contributed by atoms with Crippen molar-refractivity contribution in [1.82, 2.24) is 20.1 Å². The van der Waals surface area contributed by atoms with Gasteiger partial charge in [0.15, 0.2) is 0 Å². The molecule has 0 spiro atoms. The van der Waals surface area contributed by atoms with Gasteiger partial charge in [0.25, 0.3) is 5.56 Å². The first-order valence-electron chi connectivity index (χ1n) is 5.69. The minimum absolute atomic E-state index is 0.0790. The van der Waals surface area contributed by atoms with Crippen molar-refractivity contribution in [2.75, 3.05) is 31.6 Å². The zero-order valence-electron chi connectivity index (χ0n) is 9.67. The number of hydrogen-bond acceptors (Lipinski definition) is 5. The third-order valence-electron chi connectivity index (χ3n) is 2.74. The second-order valence-electron chi connectivity index (χ2n) is 3.87. The van der Waals surface area contributed by atoms with E-state index in [1.807, 2.05) is 0 Å². The maximum Gasteiger partial charge on any atom is 0.285 e.